The first kappa shape index (κ1) is 14.6. The van der Waals surface area contributed by atoms with Crippen molar-refractivity contribution in [2.75, 3.05) is 18.1 Å². The molecule has 1 N–H and O–H groups in total. The van der Waals surface area contributed by atoms with Gasteiger partial charge in [0, 0.05) is 17.1 Å². The summed E-state index contributed by atoms with van der Waals surface area (Å²) in [4.78, 5) is 0. The van der Waals surface area contributed by atoms with Gasteiger partial charge < -0.3 is 10.1 Å². The number of benzene rings is 1. The van der Waals surface area contributed by atoms with Crippen molar-refractivity contribution in [3.05, 3.63) is 28.8 Å². The molecular formula is C13H18ClNO3S. The molecule has 0 amide bonds. The number of halogens is 1. The Kier molecular flexibility index (Phi) is 4.71. The molecular weight excluding hydrogens is 286 g/mol. The van der Waals surface area contributed by atoms with E-state index in [0.717, 1.165) is 12.1 Å². The Labute approximate surface area is 119 Å². The molecule has 1 unspecified atom stereocenters. The van der Waals surface area contributed by atoms with E-state index in [4.69, 9.17) is 16.3 Å². The smallest absolute Gasteiger partial charge is 0.154 e. The lowest BCUT2D eigenvalue weighted by Gasteiger charge is -2.16. The van der Waals surface area contributed by atoms with E-state index in [0.29, 0.717) is 23.7 Å². The van der Waals surface area contributed by atoms with Crippen LogP contribution in [0.15, 0.2) is 18.2 Å². The maximum Gasteiger partial charge on any atom is 0.154 e. The van der Waals surface area contributed by atoms with Crippen LogP contribution >= 0.6 is 11.6 Å². The average Bonchev–Trinajstić information content (AvgIpc) is 2.69. The first-order valence-electron chi connectivity index (χ1n) is 6.36. The average molecular weight is 304 g/mol. The largest absolute Gasteiger partial charge is 0.489 e. The summed E-state index contributed by atoms with van der Waals surface area (Å²) < 4.78 is 28.7. The number of ether oxygens (including phenoxy) is 1. The molecule has 1 aromatic rings. The van der Waals surface area contributed by atoms with E-state index in [1.807, 2.05) is 13.0 Å². The van der Waals surface area contributed by atoms with E-state index >= 15 is 0 Å². The maximum atomic E-state index is 11.4. The fourth-order valence-electron chi connectivity index (χ4n) is 2.09. The highest BCUT2D eigenvalue weighted by atomic mass is 35.5. The number of sulfone groups is 1. The van der Waals surface area contributed by atoms with Crippen molar-refractivity contribution in [1.29, 1.82) is 0 Å². The predicted molar refractivity (Wildman–Crippen MR) is 76.5 cm³/mol. The van der Waals surface area contributed by atoms with E-state index in [1.165, 1.54) is 0 Å². The third-order valence-electron chi connectivity index (χ3n) is 3.07. The second-order valence-electron chi connectivity index (χ2n) is 4.68. The molecule has 0 saturated carbocycles. The Balaban J connectivity index is 2.11. The van der Waals surface area contributed by atoms with Gasteiger partial charge in [-0.05, 0) is 31.2 Å². The molecule has 4 nitrogen and oxygen atoms in total. The molecule has 0 radical (unpaired) electrons. The highest BCUT2D eigenvalue weighted by Gasteiger charge is 2.29. The summed E-state index contributed by atoms with van der Waals surface area (Å²) in [5, 5.41) is 3.87. The van der Waals surface area contributed by atoms with E-state index < -0.39 is 9.84 Å². The Hall–Kier alpha value is -0.780. The van der Waals surface area contributed by atoms with Crippen LogP contribution in [0.4, 0.5) is 0 Å². The van der Waals surface area contributed by atoms with Crippen molar-refractivity contribution in [1.82, 2.24) is 5.32 Å². The van der Waals surface area contributed by atoms with Crippen molar-refractivity contribution >= 4 is 21.4 Å². The van der Waals surface area contributed by atoms with Gasteiger partial charge in [-0.2, -0.15) is 0 Å². The van der Waals surface area contributed by atoms with Crippen LogP contribution in [-0.4, -0.2) is 32.6 Å². The molecule has 1 fully saturated rings. The lowest BCUT2D eigenvalue weighted by atomic mass is 10.2. The monoisotopic (exact) mass is 303 g/mol. The quantitative estimate of drug-likeness (QED) is 0.904. The van der Waals surface area contributed by atoms with Gasteiger partial charge in [-0.15, -0.1) is 0 Å². The number of hydrogen-bond donors (Lipinski definition) is 1. The predicted octanol–water partition coefficient (Wildman–Crippen LogP) is 2.02. The van der Waals surface area contributed by atoms with Gasteiger partial charge in [0.25, 0.3) is 0 Å². The fraction of sp³-hybridized carbons (Fsp3) is 0.538. The van der Waals surface area contributed by atoms with Gasteiger partial charge in [-0.25, -0.2) is 8.42 Å². The summed E-state index contributed by atoms with van der Waals surface area (Å²) in [5.41, 5.74) is 0.957. The van der Waals surface area contributed by atoms with Gasteiger partial charge in [-0.3, -0.25) is 0 Å². The Bertz CT molecular complexity index is 545. The molecule has 0 spiro atoms. The third-order valence-corrected chi connectivity index (χ3v) is 5.04. The number of nitrogens with one attached hydrogen (secondary N) is 1. The van der Waals surface area contributed by atoms with Crippen LogP contribution in [0.2, 0.25) is 5.02 Å². The molecule has 1 saturated heterocycles. The zero-order valence-corrected chi connectivity index (χ0v) is 12.4. The van der Waals surface area contributed by atoms with Crippen molar-refractivity contribution in [2.24, 2.45) is 0 Å². The highest BCUT2D eigenvalue weighted by molar-refractivity contribution is 7.91. The maximum absolute atomic E-state index is 11.4. The summed E-state index contributed by atoms with van der Waals surface area (Å²) in [5.74, 6) is 1.04. The highest BCUT2D eigenvalue weighted by Crippen LogP contribution is 2.26. The van der Waals surface area contributed by atoms with E-state index in [1.54, 1.807) is 12.1 Å². The summed E-state index contributed by atoms with van der Waals surface area (Å²) in [6.45, 7) is 3.53. The normalized spacial score (nSPS) is 21.5. The lowest BCUT2D eigenvalue weighted by Crippen LogP contribution is -2.20. The van der Waals surface area contributed by atoms with E-state index in [9.17, 15) is 8.42 Å². The third kappa shape index (κ3) is 4.09. The summed E-state index contributed by atoms with van der Waals surface area (Å²) in [6, 6.07) is 5.42. The van der Waals surface area contributed by atoms with Gasteiger partial charge in [0.15, 0.2) is 9.84 Å². The first-order chi connectivity index (χ1) is 9.00. The molecule has 1 heterocycles. The molecule has 19 heavy (non-hydrogen) atoms. The second-order valence-corrected chi connectivity index (χ2v) is 7.34. The van der Waals surface area contributed by atoms with Gasteiger partial charge in [0.1, 0.15) is 11.9 Å². The first-order valence-corrected chi connectivity index (χ1v) is 8.56. The topological polar surface area (TPSA) is 55.4 Å². The molecule has 1 aliphatic rings. The fourth-order valence-corrected chi connectivity index (χ4v) is 3.88. The minimum atomic E-state index is -2.92. The zero-order valence-electron chi connectivity index (χ0n) is 10.9. The molecule has 0 bridgehead atoms. The summed E-state index contributed by atoms with van der Waals surface area (Å²) in [7, 11) is -2.92. The molecule has 1 atom stereocenters. The summed E-state index contributed by atoms with van der Waals surface area (Å²) in [6.07, 6.45) is 0.317. The van der Waals surface area contributed by atoms with Crippen molar-refractivity contribution in [3.8, 4) is 5.75 Å². The molecule has 6 heteroatoms. The van der Waals surface area contributed by atoms with E-state index in [2.05, 4.69) is 5.32 Å². The van der Waals surface area contributed by atoms with Crippen LogP contribution in [0.25, 0.3) is 0 Å². The lowest BCUT2D eigenvalue weighted by molar-refractivity contribution is 0.226. The Morgan fingerprint density at radius 1 is 1.47 bits per heavy atom. The van der Waals surface area contributed by atoms with Crippen LogP contribution < -0.4 is 10.1 Å². The molecule has 0 aliphatic carbocycles. The van der Waals surface area contributed by atoms with Gasteiger partial charge in [0.2, 0.25) is 0 Å². The van der Waals surface area contributed by atoms with E-state index in [-0.39, 0.29) is 17.6 Å². The van der Waals surface area contributed by atoms with Gasteiger partial charge >= 0.3 is 0 Å². The Morgan fingerprint density at radius 2 is 2.26 bits per heavy atom. The summed E-state index contributed by atoms with van der Waals surface area (Å²) >= 11 is 5.98. The number of hydrogen-bond acceptors (Lipinski definition) is 4. The van der Waals surface area contributed by atoms with Crippen LogP contribution in [0.5, 0.6) is 5.75 Å². The minimum Gasteiger partial charge on any atom is -0.489 e. The van der Waals surface area contributed by atoms with Crippen molar-refractivity contribution < 1.29 is 13.2 Å². The zero-order chi connectivity index (χ0) is 13.9. The van der Waals surface area contributed by atoms with Gasteiger partial charge in [-0.1, -0.05) is 18.5 Å². The molecule has 0 aromatic heterocycles. The minimum absolute atomic E-state index is 0.107. The van der Waals surface area contributed by atoms with Crippen LogP contribution in [0, 0.1) is 0 Å². The SMILES string of the molecule is CCNCc1cc(Cl)ccc1OC1CCS(=O)(=O)C1. The van der Waals surface area contributed by atoms with Crippen LogP contribution in [0.3, 0.4) is 0 Å². The van der Waals surface area contributed by atoms with Crippen molar-refractivity contribution in [3.63, 3.8) is 0 Å². The Morgan fingerprint density at radius 3 is 2.89 bits per heavy atom. The molecule has 1 aromatic carbocycles. The molecule has 2 rings (SSSR count). The number of rotatable bonds is 5. The molecule has 1 aliphatic heterocycles. The van der Waals surface area contributed by atoms with Crippen LogP contribution in [-0.2, 0) is 16.4 Å². The molecule has 106 valence electrons. The standard InChI is InChI=1S/C13H18ClNO3S/c1-2-15-8-10-7-11(14)3-4-13(10)18-12-5-6-19(16,17)9-12/h3-4,7,12,15H,2,5-6,8-9H2,1H3. The van der Waals surface area contributed by atoms with Gasteiger partial charge in [0.05, 0.1) is 11.5 Å². The van der Waals surface area contributed by atoms with Crippen LogP contribution in [0.1, 0.15) is 18.9 Å². The second kappa shape index (κ2) is 6.11. The van der Waals surface area contributed by atoms with Crippen molar-refractivity contribution in [2.45, 2.75) is 26.0 Å².